The summed E-state index contributed by atoms with van der Waals surface area (Å²) in [5.74, 6) is -2.76. The van der Waals surface area contributed by atoms with Gasteiger partial charge in [0.15, 0.2) is 12.2 Å². The number of carbonyl (C=O) groups is 5. The van der Waals surface area contributed by atoms with Crippen LogP contribution in [0, 0.1) is 6.92 Å². The molecule has 1 amide bonds. The third-order valence-corrected chi connectivity index (χ3v) is 5.49. The SMILES string of the molecule is CC(=O)OC[C@@H]1O[C@@H](OC(C)=O)[C@@H](NC(=O)CCCOc2ccc(Cl)cc2C)[C@@H](OC(C)=O)[C@@H]1OC(C)=O. The molecular weight excluding hydrogens is 526 g/mol. The van der Waals surface area contributed by atoms with Gasteiger partial charge in [-0.3, -0.25) is 24.0 Å². The Balaban J connectivity index is 2.17. The molecule has 1 fully saturated rings. The minimum Gasteiger partial charge on any atom is -0.493 e. The fourth-order valence-electron chi connectivity index (χ4n) is 3.77. The van der Waals surface area contributed by atoms with Crippen LogP contribution in [0.1, 0.15) is 46.1 Å². The van der Waals surface area contributed by atoms with Crippen molar-refractivity contribution in [2.75, 3.05) is 13.2 Å². The van der Waals surface area contributed by atoms with E-state index in [1.165, 1.54) is 0 Å². The lowest BCUT2D eigenvalue weighted by molar-refractivity contribution is -0.271. The molecule has 0 saturated carbocycles. The Morgan fingerprint density at radius 3 is 2.13 bits per heavy atom. The monoisotopic (exact) mass is 557 g/mol. The van der Waals surface area contributed by atoms with Gasteiger partial charge >= 0.3 is 23.9 Å². The third-order valence-electron chi connectivity index (χ3n) is 5.25. The first kappa shape index (κ1) is 30.8. The van der Waals surface area contributed by atoms with Crippen LogP contribution in [0.4, 0.5) is 0 Å². The first-order valence-electron chi connectivity index (χ1n) is 11.9. The van der Waals surface area contributed by atoms with E-state index in [0.29, 0.717) is 17.2 Å². The summed E-state index contributed by atoms with van der Waals surface area (Å²) >= 11 is 5.95. The van der Waals surface area contributed by atoms with Gasteiger partial charge in [-0.25, -0.2) is 0 Å². The third kappa shape index (κ3) is 9.82. The van der Waals surface area contributed by atoms with Crippen molar-refractivity contribution >= 4 is 41.4 Å². The van der Waals surface area contributed by atoms with E-state index in [9.17, 15) is 24.0 Å². The van der Waals surface area contributed by atoms with Crippen molar-refractivity contribution in [3.05, 3.63) is 28.8 Å². The number of esters is 4. The zero-order valence-corrected chi connectivity index (χ0v) is 22.6. The molecule has 0 unspecified atom stereocenters. The molecule has 0 bridgehead atoms. The summed E-state index contributed by atoms with van der Waals surface area (Å²) in [5, 5.41) is 3.22. The topological polar surface area (TPSA) is 153 Å². The molecular formula is C25H32ClNO11. The number of ether oxygens (including phenoxy) is 6. The lowest BCUT2D eigenvalue weighted by atomic mass is 9.95. The predicted octanol–water partition coefficient (Wildman–Crippen LogP) is 2.01. The van der Waals surface area contributed by atoms with Gasteiger partial charge in [0.05, 0.1) is 6.61 Å². The molecule has 0 radical (unpaired) electrons. The molecule has 13 heteroatoms. The number of amides is 1. The maximum Gasteiger partial charge on any atom is 0.305 e. The van der Waals surface area contributed by atoms with Gasteiger partial charge in [-0.2, -0.15) is 0 Å². The first-order valence-corrected chi connectivity index (χ1v) is 12.2. The van der Waals surface area contributed by atoms with E-state index < -0.39 is 67.0 Å². The molecule has 1 aromatic rings. The lowest BCUT2D eigenvalue weighted by Crippen LogP contribution is -2.67. The van der Waals surface area contributed by atoms with Crippen molar-refractivity contribution in [2.24, 2.45) is 0 Å². The number of carbonyl (C=O) groups excluding carboxylic acids is 5. The minimum absolute atomic E-state index is 0.00215. The van der Waals surface area contributed by atoms with Crippen molar-refractivity contribution in [1.82, 2.24) is 5.32 Å². The van der Waals surface area contributed by atoms with Crippen LogP contribution in [0.25, 0.3) is 0 Å². The predicted molar refractivity (Wildman–Crippen MR) is 131 cm³/mol. The van der Waals surface area contributed by atoms with Gasteiger partial charge in [-0.05, 0) is 37.1 Å². The Morgan fingerprint density at radius 2 is 1.55 bits per heavy atom. The largest absolute Gasteiger partial charge is 0.493 e. The van der Waals surface area contributed by atoms with Gasteiger partial charge in [-0.1, -0.05) is 11.6 Å². The molecule has 1 N–H and O–H groups in total. The maximum atomic E-state index is 12.8. The molecule has 5 atom stereocenters. The number of rotatable bonds is 11. The van der Waals surface area contributed by atoms with E-state index in [1.807, 2.05) is 6.92 Å². The molecule has 12 nitrogen and oxygen atoms in total. The highest BCUT2D eigenvalue weighted by molar-refractivity contribution is 6.30. The Kier molecular flexibility index (Phi) is 11.8. The fraction of sp³-hybridized carbons (Fsp3) is 0.560. The molecule has 2 rings (SSSR count). The number of halogens is 1. The summed E-state index contributed by atoms with van der Waals surface area (Å²) in [6, 6.07) is 3.93. The standard InChI is InChI=1S/C25H32ClNO11/c1-13-11-18(26)8-9-19(13)33-10-6-7-21(32)27-22-24(36-16(4)30)23(35-15(3)29)20(12-34-14(2)28)38-25(22)37-17(5)31/h8-9,11,20,22-25H,6-7,10,12H2,1-5H3,(H,27,32)/t20-,22-,23+,24+,25+/m0/s1. The highest BCUT2D eigenvalue weighted by Gasteiger charge is 2.52. The molecule has 0 aromatic heterocycles. The molecule has 38 heavy (non-hydrogen) atoms. The van der Waals surface area contributed by atoms with E-state index in [1.54, 1.807) is 18.2 Å². The number of benzene rings is 1. The number of hydrogen-bond acceptors (Lipinski definition) is 11. The highest BCUT2D eigenvalue weighted by Crippen LogP contribution is 2.28. The van der Waals surface area contributed by atoms with Crippen LogP contribution in [0.2, 0.25) is 5.02 Å². The molecule has 1 aromatic carbocycles. The van der Waals surface area contributed by atoms with E-state index in [-0.39, 0.29) is 13.0 Å². The van der Waals surface area contributed by atoms with Gasteiger partial charge in [0, 0.05) is 39.1 Å². The Labute approximate surface area is 225 Å². The molecule has 1 aliphatic heterocycles. The second-order valence-corrected chi connectivity index (χ2v) is 8.99. The van der Waals surface area contributed by atoms with Crippen LogP contribution in [0.3, 0.4) is 0 Å². The van der Waals surface area contributed by atoms with Gasteiger partial charge < -0.3 is 33.7 Å². The second kappa shape index (κ2) is 14.5. The lowest BCUT2D eigenvalue weighted by Gasteiger charge is -2.44. The van der Waals surface area contributed by atoms with Crippen LogP contribution in [-0.2, 0) is 47.7 Å². The number of aryl methyl sites for hydroxylation is 1. The van der Waals surface area contributed by atoms with Crippen LogP contribution < -0.4 is 10.1 Å². The van der Waals surface area contributed by atoms with E-state index in [0.717, 1.165) is 33.3 Å². The Morgan fingerprint density at radius 1 is 0.921 bits per heavy atom. The molecule has 1 aliphatic rings. The summed E-state index contributed by atoms with van der Waals surface area (Å²) in [5.41, 5.74) is 0.842. The molecule has 1 heterocycles. The Hall–Kier alpha value is -3.38. The average molecular weight is 558 g/mol. The average Bonchev–Trinajstić information content (AvgIpc) is 2.79. The van der Waals surface area contributed by atoms with Crippen LogP contribution in [-0.4, -0.2) is 73.6 Å². The van der Waals surface area contributed by atoms with Crippen LogP contribution in [0.5, 0.6) is 5.75 Å². The molecule has 210 valence electrons. The zero-order chi connectivity index (χ0) is 28.4. The van der Waals surface area contributed by atoms with Gasteiger partial charge in [-0.15, -0.1) is 0 Å². The summed E-state index contributed by atoms with van der Waals surface area (Å²) < 4.78 is 32.4. The van der Waals surface area contributed by atoms with Gasteiger partial charge in [0.25, 0.3) is 0 Å². The highest BCUT2D eigenvalue weighted by atomic mass is 35.5. The van der Waals surface area contributed by atoms with Crippen molar-refractivity contribution in [2.45, 2.75) is 78.1 Å². The first-order chi connectivity index (χ1) is 17.9. The molecule has 0 aliphatic carbocycles. The van der Waals surface area contributed by atoms with Gasteiger partial charge in [0.1, 0.15) is 24.5 Å². The zero-order valence-electron chi connectivity index (χ0n) is 21.8. The van der Waals surface area contributed by atoms with E-state index in [2.05, 4.69) is 5.32 Å². The summed E-state index contributed by atoms with van der Waals surface area (Å²) in [4.78, 5) is 59.7. The normalized spacial score (nSPS) is 22.5. The van der Waals surface area contributed by atoms with E-state index in [4.69, 9.17) is 40.0 Å². The fourth-order valence-corrected chi connectivity index (χ4v) is 3.99. The second-order valence-electron chi connectivity index (χ2n) is 8.56. The van der Waals surface area contributed by atoms with E-state index >= 15 is 0 Å². The van der Waals surface area contributed by atoms with Crippen molar-refractivity contribution in [1.29, 1.82) is 0 Å². The van der Waals surface area contributed by atoms with Gasteiger partial charge in [0.2, 0.25) is 12.2 Å². The molecule has 1 saturated heterocycles. The Bertz CT molecular complexity index is 1030. The van der Waals surface area contributed by atoms with Crippen LogP contribution in [0.15, 0.2) is 18.2 Å². The summed E-state index contributed by atoms with van der Waals surface area (Å²) in [6.45, 7) is 6.20. The summed E-state index contributed by atoms with van der Waals surface area (Å²) in [7, 11) is 0. The van der Waals surface area contributed by atoms with Crippen molar-refractivity contribution in [3.8, 4) is 5.75 Å². The summed E-state index contributed by atoms with van der Waals surface area (Å²) in [6.07, 6.45) is -4.91. The molecule has 0 spiro atoms. The quantitative estimate of drug-likeness (QED) is 0.241. The number of hydrogen-bond donors (Lipinski definition) is 1. The maximum absolute atomic E-state index is 12.8. The smallest absolute Gasteiger partial charge is 0.305 e. The van der Waals surface area contributed by atoms with Crippen molar-refractivity contribution < 1.29 is 52.4 Å². The number of nitrogens with one attached hydrogen (secondary N) is 1. The van der Waals surface area contributed by atoms with Crippen LogP contribution >= 0.6 is 11.6 Å². The minimum atomic E-state index is -1.44. The van der Waals surface area contributed by atoms with Crippen molar-refractivity contribution in [3.63, 3.8) is 0 Å².